The first-order valence-corrected chi connectivity index (χ1v) is 5.82. The second kappa shape index (κ2) is 7.15. The summed E-state index contributed by atoms with van der Waals surface area (Å²) in [5.41, 5.74) is 0.900. The SMILES string of the molecule is C=CCN(CC(=O)O)C(=O)NC(C)c1ccncc1. The molecule has 2 amide bonds. The van der Waals surface area contributed by atoms with Crippen LogP contribution >= 0.6 is 0 Å². The Morgan fingerprint density at radius 2 is 2.16 bits per heavy atom. The van der Waals surface area contributed by atoms with E-state index in [4.69, 9.17) is 5.11 Å². The molecule has 0 saturated carbocycles. The molecule has 1 aromatic heterocycles. The van der Waals surface area contributed by atoms with Crippen LogP contribution in [0, 0.1) is 0 Å². The molecule has 0 aliphatic heterocycles. The van der Waals surface area contributed by atoms with Gasteiger partial charge in [0.05, 0.1) is 6.04 Å². The fourth-order valence-corrected chi connectivity index (χ4v) is 1.55. The molecule has 1 heterocycles. The molecule has 1 rings (SSSR count). The molecule has 1 atom stereocenters. The van der Waals surface area contributed by atoms with Gasteiger partial charge in [0.2, 0.25) is 0 Å². The van der Waals surface area contributed by atoms with Crippen molar-refractivity contribution in [2.75, 3.05) is 13.1 Å². The van der Waals surface area contributed by atoms with Gasteiger partial charge < -0.3 is 15.3 Å². The van der Waals surface area contributed by atoms with Crippen molar-refractivity contribution in [3.63, 3.8) is 0 Å². The Balaban J connectivity index is 2.65. The number of pyridine rings is 1. The Hall–Kier alpha value is -2.37. The first kappa shape index (κ1) is 14.7. The lowest BCUT2D eigenvalue weighted by atomic mass is 10.1. The lowest BCUT2D eigenvalue weighted by Gasteiger charge is -2.22. The molecule has 1 unspecified atom stereocenters. The number of amides is 2. The summed E-state index contributed by atoms with van der Waals surface area (Å²) < 4.78 is 0. The second-order valence-electron chi connectivity index (χ2n) is 4.01. The lowest BCUT2D eigenvalue weighted by Crippen LogP contribution is -2.43. The van der Waals surface area contributed by atoms with Gasteiger partial charge in [0, 0.05) is 18.9 Å². The summed E-state index contributed by atoms with van der Waals surface area (Å²) in [7, 11) is 0. The quantitative estimate of drug-likeness (QED) is 0.760. The van der Waals surface area contributed by atoms with Crippen LogP contribution in [0.2, 0.25) is 0 Å². The van der Waals surface area contributed by atoms with Crippen LogP contribution in [0.3, 0.4) is 0 Å². The Kier molecular flexibility index (Phi) is 5.53. The van der Waals surface area contributed by atoms with E-state index in [1.165, 1.54) is 11.0 Å². The molecule has 0 bridgehead atoms. The minimum absolute atomic E-state index is 0.182. The highest BCUT2D eigenvalue weighted by atomic mass is 16.4. The van der Waals surface area contributed by atoms with E-state index in [9.17, 15) is 9.59 Å². The minimum Gasteiger partial charge on any atom is -0.480 e. The molecule has 1 aromatic rings. The van der Waals surface area contributed by atoms with Crippen molar-refractivity contribution < 1.29 is 14.7 Å². The van der Waals surface area contributed by atoms with Gasteiger partial charge in [0.15, 0.2) is 0 Å². The van der Waals surface area contributed by atoms with Gasteiger partial charge in [-0.15, -0.1) is 6.58 Å². The Bertz CT molecular complexity index is 448. The number of nitrogens with zero attached hydrogens (tertiary/aromatic N) is 2. The number of hydrogen-bond acceptors (Lipinski definition) is 3. The average Bonchev–Trinajstić information content (AvgIpc) is 2.38. The molecule has 102 valence electrons. The Morgan fingerprint density at radius 1 is 1.53 bits per heavy atom. The number of rotatable bonds is 6. The van der Waals surface area contributed by atoms with E-state index in [0.29, 0.717) is 0 Å². The van der Waals surface area contributed by atoms with E-state index in [2.05, 4.69) is 16.9 Å². The average molecular weight is 263 g/mol. The first-order chi connectivity index (χ1) is 9.04. The smallest absolute Gasteiger partial charge is 0.323 e. The predicted octanol–water partition coefficient (Wildman–Crippen LogP) is 1.42. The zero-order chi connectivity index (χ0) is 14.3. The molecule has 0 aliphatic rings. The van der Waals surface area contributed by atoms with Crippen LogP contribution in [0.4, 0.5) is 4.79 Å². The Labute approximate surface area is 111 Å². The van der Waals surface area contributed by atoms with Gasteiger partial charge in [-0.2, -0.15) is 0 Å². The molecule has 0 fully saturated rings. The van der Waals surface area contributed by atoms with E-state index in [0.717, 1.165) is 5.56 Å². The number of carboxylic acid groups (broad SMARTS) is 1. The van der Waals surface area contributed by atoms with E-state index >= 15 is 0 Å². The number of carboxylic acids is 1. The Morgan fingerprint density at radius 3 is 2.68 bits per heavy atom. The van der Waals surface area contributed by atoms with Crippen LogP contribution in [-0.2, 0) is 4.79 Å². The highest BCUT2D eigenvalue weighted by Gasteiger charge is 2.17. The topological polar surface area (TPSA) is 82.5 Å². The highest BCUT2D eigenvalue weighted by Crippen LogP contribution is 2.10. The molecule has 0 aliphatic carbocycles. The van der Waals surface area contributed by atoms with Gasteiger partial charge in [-0.05, 0) is 24.6 Å². The number of nitrogens with one attached hydrogen (secondary N) is 1. The monoisotopic (exact) mass is 263 g/mol. The third kappa shape index (κ3) is 4.79. The van der Waals surface area contributed by atoms with Crippen molar-refractivity contribution in [2.45, 2.75) is 13.0 Å². The van der Waals surface area contributed by atoms with Gasteiger partial charge in [0.25, 0.3) is 0 Å². The van der Waals surface area contributed by atoms with E-state index < -0.39 is 12.0 Å². The normalized spacial score (nSPS) is 11.4. The number of hydrogen-bond donors (Lipinski definition) is 2. The molecule has 19 heavy (non-hydrogen) atoms. The third-order valence-corrected chi connectivity index (χ3v) is 2.51. The maximum atomic E-state index is 11.9. The summed E-state index contributed by atoms with van der Waals surface area (Å²) in [5, 5.41) is 11.5. The van der Waals surface area contributed by atoms with E-state index in [1.54, 1.807) is 24.5 Å². The van der Waals surface area contributed by atoms with Gasteiger partial charge in [-0.25, -0.2) is 4.79 Å². The summed E-state index contributed by atoms with van der Waals surface area (Å²) in [6.07, 6.45) is 4.76. The van der Waals surface area contributed by atoms with Crippen LogP contribution < -0.4 is 5.32 Å². The molecular formula is C13H17N3O3. The van der Waals surface area contributed by atoms with Gasteiger partial charge in [0.1, 0.15) is 6.54 Å². The second-order valence-corrected chi connectivity index (χ2v) is 4.01. The molecule has 0 radical (unpaired) electrons. The van der Waals surface area contributed by atoms with Crippen molar-refractivity contribution >= 4 is 12.0 Å². The minimum atomic E-state index is -1.06. The number of urea groups is 1. The number of aromatic nitrogens is 1. The molecule has 2 N–H and O–H groups in total. The maximum absolute atomic E-state index is 11.9. The van der Waals surface area contributed by atoms with Gasteiger partial charge in [-0.3, -0.25) is 9.78 Å². The van der Waals surface area contributed by atoms with Crippen molar-refractivity contribution in [1.29, 1.82) is 0 Å². The summed E-state index contributed by atoms with van der Waals surface area (Å²) in [6.45, 7) is 5.15. The zero-order valence-electron chi connectivity index (χ0n) is 10.7. The summed E-state index contributed by atoms with van der Waals surface area (Å²) in [4.78, 5) is 27.7. The predicted molar refractivity (Wildman–Crippen MR) is 70.6 cm³/mol. The summed E-state index contributed by atoms with van der Waals surface area (Å²) in [6, 6.07) is 2.92. The van der Waals surface area contributed by atoms with Crippen LogP contribution in [0.15, 0.2) is 37.2 Å². The fourth-order valence-electron chi connectivity index (χ4n) is 1.55. The van der Waals surface area contributed by atoms with E-state index in [1.807, 2.05) is 6.92 Å². The molecule has 6 nitrogen and oxygen atoms in total. The standard InChI is InChI=1S/C13H17N3O3/c1-3-8-16(9-12(17)18)13(19)15-10(2)11-4-6-14-7-5-11/h3-7,10H,1,8-9H2,2H3,(H,15,19)(H,17,18). The maximum Gasteiger partial charge on any atom is 0.323 e. The molecule has 0 aromatic carbocycles. The number of carbonyl (C=O) groups excluding carboxylic acids is 1. The molecular weight excluding hydrogens is 246 g/mol. The number of aliphatic carboxylic acids is 1. The highest BCUT2D eigenvalue weighted by molar-refractivity contribution is 5.80. The van der Waals surface area contributed by atoms with Crippen molar-refractivity contribution in [2.24, 2.45) is 0 Å². The van der Waals surface area contributed by atoms with Crippen molar-refractivity contribution in [3.05, 3.63) is 42.7 Å². The number of carbonyl (C=O) groups is 2. The van der Waals surface area contributed by atoms with Gasteiger partial charge in [-0.1, -0.05) is 6.08 Å². The third-order valence-electron chi connectivity index (χ3n) is 2.51. The van der Waals surface area contributed by atoms with Crippen LogP contribution in [0.25, 0.3) is 0 Å². The van der Waals surface area contributed by atoms with Gasteiger partial charge >= 0.3 is 12.0 Å². The van der Waals surface area contributed by atoms with Crippen molar-refractivity contribution in [3.8, 4) is 0 Å². The molecule has 0 saturated heterocycles. The van der Waals surface area contributed by atoms with Crippen LogP contribution in [0.1, 0.15) is 18.5 Å². The van der Waals surface area contributed by atoms with Crippen LogP contribution in [0.5, 0.6) is 0 Å². The molecule has 6 heteroatoms. The molecule has 0 spiro atoms. The first-order valence-electron chi connectivity index (χ1n) is 5.82. The summed E-state index contributed by atoms with van der Waals surface area (Å²) >= 11 is 0. The zero-order valence-corrected chi connectivity index (χ0v) is 10.7. The van der Waals surface area contributed by atoms with E-state index in [-0.39, 0.29) is 19.1 Å². The largest absolute Gasteiger partial charge is 0.480 e. The van der Waals surface area contributed by atoms with Crippen molar-refractivity contribution in [1.82, 2.24) is 15.2 Å². The fraction of sp³-hybridized carbons (Fsp3) is 0.308. The lowest BCUT2D eigenvalue weighted by molar-refractivity contribution is -0.137. The summed E-state index contributed by atoms with van der Waals surface area (Å²) in [5.74, 6) is -1.06. The van der Waals surface area contributed by atoms with Crippen LogP contribution in [-0.4, -0.2) is 40.1 Å².